The molecule has 0 amide bonds. The van der Waals surface area contributed by atoms with Crippen molar-refractivity contribution in [3.63, 3.8) is 0 Å². The quantitative estimate of drug-likeness (QED) is 0.247. The summed E-state index contributed by atoms with van der Waals surface area (Å²) in [5.74, 6) is 0. The number of rotatable bonds is 2. The SMILES string of the molecule is O=P(O)(O)OC1[C@@H](O)[C@H](O)C(O)[C@@H](O)[C@H]1O. The molecule has 1 rings (SSSR count). The lowest BCUT2D eigenvalue weighted by Crippen LogP contribution is -2.64. The number of aliphatic hydroxyl groups excluding tert-OH is 5. The van der Waals surface area contributed by atoms with E-state index in [-0.39, 0.29) is 0 Å². The predicted octanol–water partition coefficient (Wildman–Crippen LogP) is -3.72. The molecule has 0 bridgehead atoms. The molecule has 0 aromatic carbocycles. The summed E-state index contributed by atoms with van der Waals surface area (Å²) < 4.78 is 14.5. The summed E-state index contributed by atoms with van der Waals surface area (Å²) in [6, 6.07) is 0. The van der Waals surface area contributed by atoms with Gasteiger partial charge in [-0.2, -0.15) is 0 Å². The van der Waals surface area contributed by atoms with Crippen molar-refractivity contribution in [1.82, 2.24) is 0 Å². The lowest BCUT2D eigenvalue weighted by molar-refractivity contribution is -0.219. The number of hydrogen-bond acceptors (Lipinski definition) is 7. The average Bonchev–Trinajstić information content (AvgIpc) is 2.17. The Morgan fingerprint density at radius 2 is 1.06 bits per heavy atom. The minimum Gasteiger partial charge on any atom is -0.387 e. The van der Waals surface area contributed by atoms with E-state index >= 15 is 0 Å². The summed E-state index contributed by atoms with van der Waals surface area (Å²) in [5.41, 5.74) is 0. The lowest BCUT2D eigenvalue weighted by atomic mass is 9.85. The topological polar surface area (TPSA) is 168 Å². The molecule has 1 saturated carbocycles. The molecule has 6 atom stereocenters. The molecule has 1 aliphatic rings. The van der Waals surface area contributed by atoms with E-state index < -0.39 is 44.4 Å². The first-order valence-corrected chi connectivity index (χ1v) is 5.82. The highest BCUT2D eigenvalue weighted by Gasteiger charge is 2.50. The van der Waals surface area contributed by atoms with E-state index in [1.165, 1.54) is 0 Å². The highest BCUT2D eigenvalue weighted by Crippen LogP contribution is 2.41. The zero-order valence-electron chi connectivity index (χ0n) is 7.86. The van der Waals surface area contributed by atoms with Gasteiger partial charge in [-0.3, -0.25) is 4.52 Å². The van der Waals surface area contributed by atoms with Crippen LogP contribution in [0.25, 0.3) is 0 Å². The molecule has 16 heavy (non-hydrogen) atoms. The summed E-state index contributed by atoms with van der Waals surface area (Å²) in [6.07, 6.45) is -11.3. The van der Waals surface area contributed by atoms with Crippen molar-refractivity contribution in [3.05, 3.63) is 0 Å². The molecule has 10 heteroatoms. The van der Waals surface area contributed by atoms with Crippen LogP contribution in [0.3, 0.4) is 0 Å². The Hall–Kier alpha value is -0.0900. The zero-order chi connectivity index (χ0) is 12.7. The van der Waals surface area contributed by atoms with Crippen LogP contribution in [-0.2, 0) is 9.09 Å². The molecule has 1 fully saturated rings. The summed E-state index contributed by atoms with van der Waals surface area (Å²) in [6.45, 7) is 0. The van der Waals surface area contributed by atoms with Crippen LogP contribution in [0.5, 0.6) is 0 Å². The first kappa shape index (κ1) is 14.0. The highest BCUT2D eigenvalue weighted by atomic mass is 31.2. The van der Waals surface area contributed by atoms with Crippen LogP contribution in [-0.4, -0.2) is 71.9 Å². The van der Waals surface area contributed by atoms with E-state index in [0.717, 1.165) is 0 Å². The largest absolute Gasteiger partial charge is 0.470 e. The van der Waals surface area contributed by atoms with Gasteiger partial charge in [-0.15, -0.1) is 0 Å². The van der Waals surface area contributed by atoms with Gasteiger partial charge in [-0.25, -0.2) is 4.57 Å². The first-order valence-electron chi connectivity index (χ1n) is 4.29. The minimum atomic E-state index is -5.01. The van der Waals surface area contributed by atoms with Gasteiger partial charge in [-0.1, -0.05) is 0 Å². The van der Waals surface area contributed by atoms with E-state index in [4.69, 9.17) is 14.9 Å². The molecule has 0 heterocycles. The van der Waals surface area contributed by atoms with Crippen LogP contribution in [0.15, 0.2) is 0 Å². The smallest absolute Gasteiger partial charge is 0.387 e. The normalized spacial score (nSPS) is 45.7. The van der Waals surface area contributed by atoms with E-state index in [1.54, 1.807) is 0 Å². The maximum Gasteiger partial charge on any atom is 0.470 e. The Balaban J connectivity index is 2.87. The van der Waals surface area contributed by atoms with E-state index in [1.807, 2.05) is 0 Å². The van der Waals surface area contributed by atoms with Crippen molar-refractivity contribution in [2.75, 3.05) is 0 Å². The van der Waals surface area contributed by atoms with Gasteiger partial charge >= 0.3 is 7.82 Å². The Morgan fingerprint density at radius 1 is 0.750 bits per heavy atom. The Labute approximate surface area is 89.8 Å². The van der Waals surface area contributed by atoms with Crippen molar-refractivity contribution in [2.45, 2.75) is 36.6 Å². The second-order valence-electron chi connectivity index (χ2n) is 3.51. The molecule has 0 aromatic heterocycles. The van der Waals surface area contributed by atoms with Gasteiger partial charge in [0.1, 0.15) is 36.6 Å². The van der Waals surface area contributed by atoms with Gasteiger partial charge < -0.3 is 35.3 Å². The van der Waals surface area contributed by atoms with Gasteiger partial charge in [0.05, 0.1) is 0 Å². The van der Waals surface area contributed by atoms with Gasteiger partial charge in [-0.05, 0) is 0 Å². The third-order valence-corrected chi connectivity index (χ3v) is 2.85. The van der Waals surface area contributed by atoms with Gasteiger partial charge in [0.25, 0.3) is 0 Å². The fraction of sp³-hybridized carbons (Fsp3) is 1.00. The summed E-state index contributed by atoms with van der Waals surface area (Å²) in [4.78, 5) is 17.0. The van der Waals surface area contributed by atoms with Crippen LogP contribution in [0.1, 0.15) is 0 Å². The van der Waals surface area contributed by atoms with Crippen LogP contribution < -0.4 is 0 Å². The molecule has 7 N–H and O–H groups in total. The molecule has 0 saturated heterocycles. The molecule has 0 spiro atoms. The number of hydrogen-bond donors (Lipinski definition) is 7. The summed E-state index contributed by atoms with van der Waals surface area (Å²) in [5, 5.41) is 46.1. The Morgan fingerprint density at radius 3 is 1.38 bits per heavy atom. The molecule has 1 aliphatic carbocycles. The predicted molar refractivity (Wildman–Crippen MR) is 47.0 cm³/mol. The molecule has 2 unspecified atom stereocenters. The van der Waals surface area contributed by atoms with E-state index in [2.05, 4.69) is 4.52 Å². The summed E-state index contributed by atoms with van der Waals surface area (Å²) >= 11 is 0. The van der Waals surface area contributed by atoms with Gasteiger partial charge in [0.2, 0.25) is 0 Å². The minimum absolute atomic E-state index is 1.83. The van der Waals surface area contributed by atoms with E-state index in [0.29, 0.717) is 0 Å². The second kappa shape index (κ2) is 4.65. The molecule has 0 aliphatic heterocycles. The van der Waals surface area contributed by atoms with Gasteiger partial charge in [0, 0.05) is 0 Å². The van der Waals surface area contributed by atoms with E-state index in [9.17, 15) is 25.0 Å². The second-order valence-corrected chi connectivity index (χ2v) is 4.71. The van der Waals surface area contributed by atoms with Crippen LogP contribution >= 0.6 is 7.82 Å². The molecule has 9 nitrogen and oxygen atoms in total. The van der Waals surface area contributed by atoms with Crippen LogP contribution in [0.4, 0.5) is 0 Å². The zero-order valence-corrected chi connectivity index (χ0v) is 8.75. The molecule has 0 radical (unpaired) electrons. The third kappa shape index (κ3) is 2.77. The number of phosphoric acid groups is 1. The molecule has 96 valence electrons. The fourth-order valence-corrected chi connectivity index (χ4v) is 2.05. The fourth-order valence-electron chi connectivity index (χ4n) is 1.48. The Bertz CT molecular complexity index is 274. The van der Waals surface area contributed by atoms with Crippen molar-refractivity contribution < 1.29 is 44.4 Å². The standard InChI is InChI=1S/C6H13O9P/c7-1-2(8)4(10)6(5(11)3(1)9)15-16(12,13)14/h1-11H,(H2,12,13,14)/t1?,2-,3-,4-,5+,6?/m1/s1. The number of aliphatic hydroxyl groups is 5. The van der Waals surface area contributed by atoms with Crippen LogP contribution in [0, 0.1) is 0 Å². The monoisotopic (exact) mass is 260 g/mol. The number of phosphoric ester groups is 1. The highest BCUT2D eigenvalue weighted by molar-refractivity contribution is 7.46. The first-order chi connectivity index (χ1) is 7.15. The third-order valence-electron chi connectivity index (χ3n) is 2.33. The van der Waals surface area contributed by atoms with Crippen molar-refractivity contribution in [2.24, 2.45) is 0 Å². The van der Waals surface area contributed by atoms with Crippen molar-refractivity contribution in [3.8, 4) is 0 Å². The van der Waals surface area contributed by atoms with Crippen molar-refractivity contribution in [1.29, 1.82) is 0 Å². The van der Waals surface area contributed by atoms with Gasteiger partial charge in [0.15, 0.2) is 0 Å². The molecular weight excluding hydrogens is 247 g/mol. The lowest BCUT2D eigenvalue weighted by Gasteiger charge is -2.41. The summed E-state index contributed by atoms with van der Waals surface area (Å²) in [7, 11) is -5.01. The van der Waals surface area contributed by atoms with Crippen LogP contribution in [0.2, 0.25) is 0 Å². The molecular formula is C6H13O9P. The molecule has 0 aromatic rings. The Kier molecular flexibility index (Phi) is 4.06. The average molecular weight is 260 g/mol. The maximum absolute atomic E-state index is 10.5. The van der Waals surface area contributed by atoms with Crippen molar-refractivity contribution >= 4 is 7.82 Å². The maximum atomic E-state index is 10.5.